The minimum Gasteiger partial charge on any atom is -0.455 e. The molecule has 0 fully saturated rings. The summed E-state index contributed by atoms with van der Waals surface area (Å²) in [4.78, 5) is 17.4. The third kappa shape index (κ3) is 3.63. The fourth-order valence-corrected chi connectivity index (χ4v) is 9.38. The molecule has 0 saturated carbocycles. The lowest BCUT2D eigenvalue weighted by atomic mass is 9.64. The third-order valence-electron chi connectivity index (χ3n) is 11.4. The van der Waals surface area contributed by atoms with Gasteiger partial charge in [-0.05, 0) is 69.8 Å². The zero-order valence-corrected chi connectivity index (χ0v) is 28.4. The van der Waals surface area contributed by atoms with Crippen molar-refractivity contribution in [3.8, 4) is 22.4 Å². The first-order valence-electron chi connectivity index (χ1n) is 17.9. The van der Waals surface area contributed by atoms with Crippen LogP contribution >= 0.6 is 0 Å². The van der Waals surface area contributed by atoms with E-state index >= 15 is 0 Å². The molecule has 5 heterocycles. The molecule has 5 heteroatoms. The summed E-state index contributed by atoms with van der Waals surface area (Å²) in [5.41, 5.74) is 14.5. The molecule has 12 rings (SSSR count). The predicted octanol–water partition coefficient (Wildman–Crippen LogP) is 11.9. The summed E-state index contributed by atoms with van der Waals surface area (Å²) in [6.07, 6.45) is 7.60. The monoisotopic (exact) mass is 676 g/mol. The average Bonchev–Trinajstić information content (AvgIpc) is 3.75. The number of anilines is 3. The summed E-state index contributed by atoms with van der Waals surface area (Å²) < 4.78 is 6.71. The Morgan fingerprint density at radius 3 is 1.83 bits per heavy atom. The van der Waals surface area contributed by atoms with Crippen LogP contribution in [0.2, 0.25) is 0 Å². The Balaban J connectivity index is 1.22. The molecule has 1 spiro atoms. The fourth-order valence-electron chi connectivity index (χ4n) is 9.38. The molecule has 0 unspecified atom stereocenters. The van der Waals surface area contributed by atoms with Gasteiger partial charge in [0, 0.05) is 51.1 Å². The average molecular weight is 677 g/mol. The maximum Gasteiger partial charge on any atom is 0.144 e. The number of benzene rings is 6. The highest BCUT2D eigenvalue weighted by molar-refractivity contribution is 6.26. The lowest BCUT2D eigenvalue weighted by Crippen LogP contribution is -2.36. The SMILES string of the molecule is c1cncc(-c2nc3c(N4c5ccccc5C5(c6ccccc6-c6ccccc65)c5ccccc54)cncc3c3c2ccc2c4ccccc4oc23)c1. The number of furan rings is 1. The van der Waals surface area contributed by atoms with Gasteiger partial charge in [-0.15, -0.1) is 0 Å². The maximum absolute atomic E-state index is 6.71. The van der Waals surface area contributed by atoms with Gasteiger partial charge in [0.25, 0.3) is 0 Å². The molecule has 5 nitrogen and oxygen atoms in total. The van der Waals surface area contributed by atoms with Gasteiger partial charge >= 0.3 is 0 Å². The molecule has 0 atom stereocenters. The summed E-state index contributed by atoms with van der Waals surface area (Å²) in [6, 6.07) is 52.1. The molecule has 0 amide bonds. The van der Waals surface area contributed by atoms with E-state index in [0.717, 1.165) is 71.9 Å². The zero-order valence-electron chi connectivity index (χ0n) is 28.4. The van der Waals surface area contributed by atoms with Gasteiger partial charge in [0.2, 0.25) is 0 Å². The lowest BCUT2D eigenvalue weighted by Gasteiger charge is -2.45. The molecule has 1 aliphatic carbocycles. The molecule has 4 aromatic heterocycles. The van der Waals surface area contributed by atoms with Crippen molar-refractivity contribution in [2.45, 2.75) is 5.41 Å². The van der Waals surface area contributed by atoms with Crippen molar-refractivity contribution in [1.29, 1.82) is 0 Å². The van der Waals surface area contributed by atoms with Crippen LogP contribution in [0.5, 0.6) is 0 Å². The highest BCUT2D eigenvalue weighted by Gasteiger charge is 2.51. The smallest absolute Gasteiger partial charge is 0.144 e. The van der Waals surface area contributed by atoms with E-state index < -0.39 is 5.41 Å². The summed E-state index contributed by atoms with van der Waals surface area (Å²) in [7, 11) is 0. The van der Waals surface area contributed by atoms with Gasteiger partial charge in [0.05, 0.1) is 39.9 Å². The van der Waals surface area contributed by atoms with Crippen LogP contribution in [0.4, 0.5) is 17.1 Å². The van der Waals surface area contributed by atoms with Gasteiger partial charge in [0.1, 0.15) is 11.2 Å². The number of para-hydroxylation sites is 3. The van der Waals surface area contributed by atoms with Crippen molar-refractivity contribution in [2.75, 3.05) is 4.90 Å². The minimum absolute atomic E-state index is 0.504. The summed E-state index contributed by atoms with van der Waals surface area (Å²) in [5, 5.41) is 5.07. The molecule has 0 bridgehead atoms. The predicted molar refractivity (Wildman–Crippen MR) is 213 cm³/mol. The number of fused-ring (bicyclic) bond motifs is 16. The zero-order chi connectivity index (χ0) is 34.7. The van der Waals surface area contributed by atoms with Gasteiger partial charge in [-0.3, -0.25) is 9.97 Å². The van der Waals surface area contributed by atoms with Crippen LogP contribution in [0.3, 0.4) is 0 Å². The first-order valence-corrected chi connectivity index (χ1v) is 17.9. The molecule has 2 aliphatic rings. The van der Waals surface area contributed by atoms with E-state index in [0.29, 0.717) is 0 Å². The molecule has 53 heavy (non-hydrogen) atoms. The van der Waals surface area contributed by atoms with Crippen LogP contribution in [0.15, 0.2) is 175 Å². The third-order valence-corrected chi connectivity index (χ3v) is 11.4. The first-order chi connectivity index (χ1) is 26.3. The quantitative estimate of drug-likeness (QED) is 0.171. The van der Waals surface area contributed by atoms with Gasteiger partial charge < -0.3 is 9.32 Å². The number of nitrogens with zero attached hydrogens (tertiary/aromatic N) is 4. The molecule has 0 N–H and O–H groups in total. The number of pyridine rings is 3. The lowest BCUT2D eigenvalue weighted by molar-refractivity contribution is 0.673. The maximum atomic E-state index is 6.71. The molecule has 246 valence electrons. The van der Waals surface area contributed by atoms with Gasteiger partial charge in [0.15, 0.2) is 0 Å². The van der Waals surface area contributed by atoms with E-state index in [-0.39, 0.29) is 0 Å². The second-order valence-corrected chi connectivity index (χ2v) is 13.9. The Morgan fingerprint density at radius 2 is 1.11 bits per heavy atom. The van der Waals surface area contributed by atoms with E-state index in [1.165, 1.54) is 33.4 Å². The Labute approximate surface area is 304 Å². The highest BCUT2D eigenvalue weighted by atomic mass is 16.3. The Hall–Kier alpha value is -7.11. The van der Waals surface area contributed by atoms with Crippen LogP contribution in [0.1, 0.15) is 22.3 Å². The first kappa shape index (κ1) is 28.6. The highest BCUT2D eigenvalue weighted by Crippen LogP contribution is 2.63. The van der Waals surface area contributed by atoms with Crippen LogP contribution in [-0.4, -0.2) is 15.0 Å². The van der Waals surface area contributed by atoms with Crippen molar-refractivity contribution in [3.05, 3.63) is 193 Å². The second kappa shape index (κ2) is 10.5. The minimum atomic E-state index is -0.504. The number of aromatic nitrogens is 3. The summed E-state index contributed by atoms with van der Waals surface area (Å²) in [6.45, 7) is 0. The number of hydrogen-bond acceptors (Lipinski definition) is 5. The second-order valence-electron chi connectivity index (χ2n) is 13.9. The Morgan fingerprint density at radius 1 is 0.472 bits per heavy atom. The topological polar surface area (TPSA) is 55.1 Å². The molecular weight excluding hydrogens is 649 g/mol. The van der Waals surface area contributed by atoms with Crippen molar-refractivity contribution in [3.63, 3.8) is 0 Å². The normalized spacial score (nSPS) is 13.8. The van der Waals surface area contributed by atoms with Crippen LogP contribution in [0.25, 0.3) is 66.0 Å². The van der Waals surface area contributed by atoms with E-state index in [1.807, 2.05) is 36.8 Å². The molecule has 10 aromatic rings. The summed E-state index contributed by atoms with van der Waals surface area (Å²) in [5.74, 6) is 0. The standard InChI is InChI=1S/C48H28N4O/c1-4-16-36-30(13-1)31-14-2-5-17-37(31)48(36)38-18-6-8-20-40(38)52(41-21-9-7-19-39(41)48)42-28-50-27-35-44-34(45(51-46(35)42)29-12-11-25-49-26-29)24-23-33-32-15-3-10-22-43(32)53-47(33)44/h1-28H. The van der Waals surface area contributed by atoms with E-state index in [9.17, 15) is 0 Å². The van der Waals surface area contributed by atoms with Gasteiger partial charge in [-0.2, -0.15) is 0 Å². The van der Waals surface area contributed by atoms with Crippen molar-refractivity contribution < 1.29 is 4.42 Å². The van der Waals surface area contributed by atoms with Gasteiger partial charge in [-0.25, -0.2) is 4.98 Å². The fraction of sp³-hybridized carbons (Fsp3) is 0.0208. The van der Waals surface area contributed by atoms with E-state index in [4.69, 9.17) is 14.4 Å². The van der Waals surface area contributed by atoms with E-state index in [2.05, 4.69) is 137 Å². The van der Waals surface area contributed by atoms with Crippen LogP contribution in [-0.2, 0) is 5.41 Å². The molecule has 0 radical (unpaired) electrons. The van der Waals surface area contributed by atoms with Crippen molar-refractivity contribution in [2.24, 2.45) is 0 Å². The van der Waals surface area contributed by atoms with Crippen LogP contribution < -0.4 is 4.90 Å². The van der Waals surface area contributed by atoms with E-state index in [1.54, 1.807) is 6.20 Å². The molecule has 6 aromatic carbocycles. The largest absolute Gasteiger partial charge is 0.455 e. The van der Waals surface area contributed by atoms with Gasteiger partial charge in [-0.1, -0.05) is 109 Å². The number of rotatable bonds is 2. The molecular formula is C48H28N4O. The Kier molecular flexibility index (Phi) is 5.64. The Bertz CT molecular complexity index is 3050. The van der Waals surface area contributed by atoms with Crippen LogP contribution in [0, 0.1) is 0 Å². The number of hydrogen-bond donors (Lipinski definition) is 0. The molecule has 0 saturated heterocycles. The van der Waals surface area contributed by atoms with Crippen molar-refractivity contribution in [1.82, 2.24) is 15.0 Å². The van der Waals surface area contributed by atoms with Crippen molar-refractivity contribution >= 4 is 60.7 Å². The molecule has 1 aliphatic heterocycles. The summed E-state index contributed by atoms with van der Waals surface area (Å²) >= 11 is 0.